The van der Waals surface area contributed by atoms with Gasteiger partial charge in [-0.1, -0.05) is 12.1 Å². The second-order valence-electron chi connectivity index (χ2n) is 6.63. The summed E-state index contributed by atoms with van der Waals surface area (Å²) in [6.07, 6.45) is 0. The van der Waals surface area contributed by atoms with Gasteiger partial charge in [-0.15, -0.1) is 0 Å². The number of fused-ring (bicyclic) bond motifs is 1. The number of ether oxygens (including phenoxy) is 1. The van der Waals surface area contributed by atoms with Crippen LogP contribution in [-0.2, 0) is 14.3 Å². The molecule has 1 aliphatic heterocycles. The number of benzene rings is 1. The number of dihydropyridines is 1. The highest BCUT2D eigenvalue weighted by Crippen LogP contribution is 2.41. The Morgan fingerprint density at radius 2 is 1.78 bits per heavy atom. The number of methoxy groups -OCH3 is 1. The van der Waals surface area contributed by atoms with Crippen molar-refractivity contribution in [2.45, 2.75) is 33.6 Å². The van der Waals surface area contributed by atoms with Gasteiger partial charge in [0.2, 0.25) is 0 Å². The molecule has 6 nitrogen and oxygen atoms in total. The van der Waals surface area contributed by atoms with Crippen molar-refractivity contribution in [1.29, 1.82) is 0 Å². The molecule has 0 aliphatic carbocycles. The number of rotatable bonds is 3. The van der Waals surface area contributed by atoms with E-state index >= 15 is 0 Å². The van der Waals surface area contributed by atoms with Crippen molar-refractivity contribution < 1.29 is 18.7 Å². The summed E-state index contributed by atoms with van der Waals surface area (Å²) in [6, 6.07) is 6.59. The Balaban J connectivity index is 2.42. The molecule has 0 bridgehead atoms. The number of ketones is 1. The van der Waals surface area contributed by atoms with Crippen molar-refractivity contribution >= 4 is 22.7 Å². The standard InChI is InChI=1S/C21H21NO5/c1-10-9-16(24)14-7-6-8-15(20(14)27-10)19-17(13(4)23)11(2)22-12(3)18(19)21(25)26-5/h6-9,19,22H,1-5H3. The molecule has 27 heavy (non-hydrogen) atoms. The van der Waals surface area contributed by atoms with Gasteiger partial charge in [0.15, 0.2) is 11.2 Å². The van der Waals surface area contributed by atoms with Crippen LogP contribution in [-0.4, -0.2) is 18.9 Å². The van der Waals surface area contributed by atoms with Crippen LogP contribution in [0.4, 0.5) is 0 Å². The summed E-state index contributed by atoms with van der Waals surface area (Å²) in [6.45, 7) is 6.69. The number of aryl methyl sites for hydroxylation is 1. The zero-order chi connectivity index (χ0) is 19.9. The second kappa shape index (κ2) is 6.87. The van der Waals surface area contributed by atoms with Gasteiger partial charge in [-0.2, -0.15) is 0 Å². The van der Waals surface area contributed by atoms with Crippen molar-refractivity contribution in [3.8, 4) is 0 Å². The van der Waals surface area contributed by atoms with Crippen LogP contribution >= 0.6 is 0 Å². The summed E-state index contributed by atoms with van der Waals surface area (Å²) in [5.41, 5.74) is 2.80. The quantitative estimate of drug-likeness (QED) is 0.839. The van der Waals surface area contributed by atoms with Crippen LogP contribution in [0.3, 0.4) is 0 Å². The lowest BCUT2D eigenvalue weighted by Crippen LogP contribution is -2.31. The number of hydrogen-bond acceptors (Lipinski definition) is 6. The Kier molecular flexibility index (Phi) is 4.74. The van der Waals surface area contributed by atoms with E-state index in [9.17, 15) is 14.4 Å². The maximum Gasteiger partial charge on any atom is 0.336 e. The normalized spacial score (nSPS) is 17.1. The van der Waals surface area contributed by atoms with Crippen LogP contribution in [0.25, 0.3) is 11.0 Å². The van der Waals surface area contributed by atoms with Crippen LogP contribution in [0.2, 0.25) is 0 Å². The number of allylic oxidation sites excluding steroid dienone is 3. The third-order valence-corrected chi connectivity index (χ3v) is 4.76. The van der Waals surface area contributed by atoms with Gasteiger partial charge in [0, 0.05) is 28.6 Å². The molecule has 140 valence electrons. The molecule has 2 aromatic rings. The van der Waals surface area contributed by atoms with Gasteiger partial charge < -0.3 is 14.5 Å². The predicted molar refractivity (Wildman–Crippen MR) is 101 cm³/mol. The Hall–Kier alpha value is -3.15. The minimum atomic E-state index is -0.690. The molecule has 0 fully saturated rings. The van der Waals surface area contributed by atoms with Gasteiger partial charge in [-0.3, -0.25) is 9.59 Å². The van der Waals surface area contributed by atoms with E-state index in [0.29, 0.717) is 44.8 Å². The topological polar surface area (TPSA) is 85.6 Å². The molecule has 6 heteroatoms. The van der Waals surface area contributed by atoms with Crippen molar-refractivity contribution in [3.05, 3.63) is 68.4 Å². The van der Waals surface area contributed by atoms with E-state index < -0.39 is 11.9 Å². The largest absolute Gasteiger partial charge is 0.466 e. The first kappa shape index (κ1) is 18.6. The lowest BCUT2D eigenvalue weighted by atomic mass is 9.78. The molecule has 1 atom stereocenters. The van der Waals surface area contributed by atoms with Gasteiger partial charge >= 0.3 is 5.97 Å². The fourth-order valence-corrected chi connectivity index (χ4v) is 3.70. The first-order valence-corrected chi connectivity index (χ1v) is 8.57. The van der Waals surface area contributed by atoms with Gasteiger partial charge in [-0.05, 0) is 33.8 Å². The maximum atomic E-state index is 12.6. The zero-order valence-corrected chi connectivity index (χ0v) is 15.9. The highest BCUT2D eigenvalue weighted by atomic mass is 16.5. The van der Waals surface area contributed by atoms with E-state index in [2.05, 4.69) is 5.32 Å². The van der Waals surface area contributed by atoms with Crippen molar-refractivity contribution in [1.82, 2.24) is 5.32 Å². The predicted octanol–water partition coefficient (Wildman–Crippen LogP) is 3.10. The van der Waals surface area contributed by atoms with E-state index in [-0.39, 0.29) is 11.2 Å². The monoisotopic (exact) mass is 367 g/mol. The molecule has 1 aromatic heterocycles. The number of Topliss-reactive ketones (excluding diaryl/α,β-unsaturated/α-hetero) is 1. The third-order valence-electron chi connectivity index (χ3n) is 4.76. The molecule has 1 unspecified atom stereocenters. The molecule has 0 amide bonds. The number of carbonyl (C=O) groups is 2. The van der Waals surface area contributed by atoms with E-state index in [1.807, 2.05) is 0 Å². The van der Waals surface area contributed by atoms with Crippen molar-refractivity contribution in [2.75, 3.05) is 7.11 Å². The summed E-state index contributed by atoms with van der Waals surface area (Å²) < 4.78 is 10.8. The highest BCUT2D eigenvalue weighted by Gasteiger charge is 2.37. The number of carbonyl (C=O) groups excluding carboxylic acids is 2. The highest BCUT2D eigenvalue weighted by molar-refractivity contribution is 6.03. The molecule has 2 heterocycles. The molecular weight excluding hydrogens is 346 g/mol. The molecule has 1 N–H and O–H groups in total. The van der Waals surface area contributed by atoms with Gasteiger partial charge in [0.25, 0.3) is 0 Å². The lowest BCUT2D eigenvalue weighted by molar-refractivity contribution is -0.136. The third kappa shape index (κ3) is 3.07. The molecule has 0 spiro atoms. The summed E-state index contributed by atoms with van der Waals surface area (Å²) >= 11 is 0. The van der Waals surface area contributed by atoms with Crippen LogP contribution in [0, 0.1) is 6.92 Å². The summed E-state index contributed by atoms with van der Waals surface area (Å²) in [5.74, 6) is -0.946. The molecule has 0 saturated carbocycles. The Labute approximate surface area is 156 Å². The summed E-state index contributed by atoms with van der Waals surface area (Å²) in [7, 11) is 1.30. The van der Waals surface area contributed by atoms with E-state index in [4.69, 9.17) is 9.15 Å². The first-order chi connectivity index (χ1) is 12.8. The van der Waals surface area contributed by atoms with Gasteiger partial charge in [0.1, 0.15) is 11.3 Å². The summed E-state index contributed by atoms with van der Waals surface area (Å²) in [4.78, 5) is 37.4. The minimum Gasteiger partial charge on any atom is -0.466 e. The molecular formula is C21H21NO5. The molecule has 3 rings (SSSR count). The Bertz CT molecular complexity index is 1090. The number of esters is 1. The van der Waals surface area contributed by atoms with E-state index in [0.717, 1.165) is 0 Å². The average molecular weight is 367 g/mol. The van der Waals surface area contributed by atoms with Gasteiger partial charge in [-0.25, -0.2) is 4.79 Å². The average Bonchev–Trinajstić information content (AvgIpc) is 2.59. The van der Waals surface area contributed by atoms with E-state index in [1.54, 1.807) is 39.0 Å². The Morgan fingerprint density at radius 1 is 1.11 bits per heavy atom. The maximum absolute atomic E-state index is 12.6. The van der Waals surface area contributed by atoms with Crippen molar-refractivity contribution in [2.24, 2.45) is 0 Å². The molecule has 1 aliphatic rings. The fourth-order valence-electron chi connectivity index (χ4n) is 3.70. The first-order valence-electron chi connectivity index (χ1n) is 8.57. The Morgan fingerprint density at radius 3 is 2.41 bits per heavy atom. The number of nitrogens with one attached hydrogen (secondary N) is 1. The minimum absolute atomic E-state index is 0.171. The molecule has 0 saturated heterocycles. The molecule has 1 aromatic carbocycles. The number of hydrogen-bond donors (Lipinski definition) is 1. The molecule has 0 radical (unpaired) electrons. The van der Waals surface area contributed by atoms with Crippen LogP contribution in [0.1, 0.15) is 38.0 Å². The second-order valence-corrected chi connectivity index (χ2v) is 6.63. The van der Waals surface area contributed by atoms with Gasteiger partial charge in [0.05, 0.1) is 24.0 Å². The number of para-hydroxylation sites is 1. The van der Waals surface area contributed by atoms with Crippen LogP contribution < -0.4 is 10.7 Å². The fraction of sp³-hybridized carbons (Fsp3) is 0.286. The van der Waals surface area contributed by atoms with Crippen LogP contribution in [0.5, 0.6) is 0 Å². The smallest absolute Gasteiger partial charge is 0.336 e. The van der Waals surface area contributed by atoms with E-state index in [1.165, 1.54) is 20.1 Å². The summed E-state index contributed by atoms with van der Waals surface area (Å²) in [5, 5.41) is 3.49. The zero-order valence-electron chi connectivity index (χ0n) is 15.9. The van der Waals surface area contributed by atoms with Crippen LogP contribution in [0.15, 0.2) is 56.0 Å². The SMILES string of the molecule is COC(=O)C1=C(C)NC(C)=C(C(C)=O)C1c1cccc2c(=O)cc(C)oc12. The van der Waals surface area contributed by atoms with Crippen molar-refractivity contribution in [3.63, 3.8) is 0 Å². The lowest BCUT2D eigenvalue weighted by Gasteiger charge is -2.30.